The zero-order chi connectivity index (χ0) is 17.7. The lowest BCUT2D eigenvalue weighted by Crippen LogP contribution is -2.34. The third-order valence-electron chi connectivity index (χ3n) is 4.58. The van der Waals surface area contributed by atoms with Gasteiger partial charge in [-0.25, -0.2) is 0 Å². The largest absolute Gasteiger partial charge is 0.396 e. The second-order valence-electron chi connectivity index (χ2n) is 6.36. The molecule has 1 fully saturated rings. The van der Waals surface area contributed by atoms with E-state index in [-0.39, 0.29) is 37.4 Å². The molecular weight excluding hydrogens is 351 g/mol. The highest BCUT2D eigenvalue weighted by Crippen LogP contribution is 2.28. The van der Waals surface area contributed by atoms with Gasteiger partial charge in [-0.1, -0.05) is 29.3 Å². The lowest BCUT2D eigenvalue weighted by Gasteiger charge is -2.23. The second kappa shape index (κ2) is 9.02. The minimum absolute atomic E-state index is 0.0317. The van der Waals surface area contributed by atoms with Crippen LogP contribution in [0, 0.1) is 11.8 Å². The van der Waals surface area contributed by atoms with Gasteiger partial charge in [0.15, 0.2) is 0 Å². The molecule has 0 spiro atoms. The van der Waals surface area contributed by atoms with Crippen LogP contribution in [0.4, 0.5) is 0 Å². The highest BCUT2D eigenvalue weighted by molar-refractivity contribution is 6.36. The van der Waals surface area contributed by atoms with Crippen molar-refractivity contribution in [1.29, 1.82) is 0 Å². The Hall–Kier alpha value is -0.850. The summed E-state index contributed by atoms with van der Waals surface area (Å²) in [5, 5.41) is 19.6. The maximum absolute atomic E-state index is 12.6. The number of hydrogen-bond acceptors (Lipinski definition) is 4. The maximum Gasteiger partial charge on any atom is 0.227 e. The number of carbonyl (C=O) groups is 1. The van der Waals surface area contributed by atoms with Gasteiger partial charge in [0.1, 0.15) is 0 Å². The molecule has 2 rings (SSSR count). The molecule has 1 amide bonds. The molecule has 2 atom stereocenters. The topological polar surface area (TPSA) is 64.0 Å². The number of rotatable bonds is 7. The lowest BCUT2D eigenvalue weighted by molar-refractivity contribution is -0.129. The number of nitrogens with zero attached hydrogens (tertiary/aromatic N) is 2. The van der Waals surface area contributed by atoms with Crippen LogP contribution in [0.1, 0.15) is 5.56 Å². The molecule has 2 N–H and O–H groups in total. The monoisotopic (exact) mass is 374 g/mol. The van der Waals surface area contributed by atoms with Gasteiger partial charge >= 0.3 is 0 Å². The molecule has 5 nitrogen and oxygen atoms in total. The van der Waals surface area contributed by atoms with E-state index in [1.54, 1.807) is 23.1 Å². The maximum atomic E-state index is 12.6. The number of aliphatic hydroxyl groups excluding tert-OH is 2. The molecule has 24 heavy (non-hydrogen) atoms. The second-order valence-corrected chi connectivity index (χ2v) is 7.18. The predicted molar refractivity (Wildman–Crippen MR) is 95.4 cm³/mol. The predicted octanol–water partition coefficient (Wildman–Crippen LogP) is 1.53. The summed E-state index contributed by atoms with van der Waals surface area (Å²) in [4.78, 5) is 16.4. The standard InChI is InChI=1S/C17H24Cl2N2O3/c1-20(5-6-22)8-12-9-21(10-13(12)11-23)17(24)7-14-15(18)3-2-4-16(14)19/h2-4,12-13,22-23H,5-11H2,1H3/t12-,13-/m1/s1. The minimum Gasteiger partial charge on any atom is -0.396 e. The van der Waals surface area contributed by atoms with Gasteiger partial charge < -0.3 is 20.0 Å². The molecule has 0 aromatic heterocycles. The van der Waals surface area contributed by atoms with E-state index in [2.05, 4.69) is 0 Å². The van der Waals surface area contributed by atoms with E-state index >= 15 is 0 Å². The van der Waals surface area contributed by atoms with Crippen LogP contribution in [-0.4, -0.2) is 72.4 Å². The van der Waals surface area contributed by atoms with E-state index in [4.69, 9.17) is 28.3 Å². The zero-order valence-electron chi connectivity index (χ0n) is 13.8. The van der Waals surface area contributed by atoms with Crippen molar-refractivity contribution in [2.75, 3.05) is 46.4 Å². The molecule has 0 aliphatic carbocycles. The first-order chi connectivity index (χ1) is 11.5. The summed E-state index contributed by atoms with van der Waals surface area (Å²) in [6, 6.07) is 5.20. The molecule has 1 aromatic carbocycles. The van der Waals surface area contributed by atoms with Crippen molar-refractivity contribution in [3.05, 3.63) is 33.8 Å². The molecule has 0 unspecified atom stereocenters. The van der Waals surface area contributed by atoms with Crippen molar-refractivity contribution >= 4 is 29.1 Å². The van der Waals surface area contributed by atoms with Crippen LogP contribution in [0.3, 0.4) is 0 Å². The smallest absolute Gasteiger partial charge is 0.227 e. The summed E-state index contributed by atoms with van der Waals surface area (Å²) in [6.45, 7) is 2.60. The Morgan fingerprint density at radius 2 is 1.88 bits per heavy atom. The number of likely N-dealkylation sites (N-methyl/N-ethyl adjacent to an activating group) is 1. The third kappa shape index (κ3) is 4.83. The van der Waals surface area contributed by atoms with Gasteiger partial charge in [0.05, 0.1) is 13.0 Å². The van der Waals surface area contributed by atoms with Gasteiger partial charge in [-0.15, -0.1) is 0 Å². The van der Waals surface area contributed by atoms with Crippen LogP contribution >= 0.6 is 23.2 Å². The fourth-order valence-corrected chi connectivity index (χ4v) is 3.71. The summed E-state index contributed by atoms with van der Waals surface area (Å²) < 4.78 is 0. The number of carbonyl (C=O) groups excluding carboxylic acids is 1. The number of halogens is 2. The van der Waals surface area contributed by atoms with E-state index in [0.29, 0.717) is 35.2 Å². The molecule has 0 saturated carbocycles. The highest BCUT2D eigenvalue weighted by Gasteiger charge is 2.35. The summed E-state index contributed by atoms with van der Waals surface area (Å²) in [5.41, 5.74) is 0.646. The lowest BCUT2D eigenvalue weighted by atomic mass is 9.96. The van der Waals surface area contributed by atoms with Gasteiger partial charge in [-0.05, 0) is 30.7 Å². The molecule has 1 aliphatic heterocycles. The molecule has 0 radical (unpaired) electrons. The SMILES string of the molecule is CN(CCO)C[C@@H]1CN(C(=O)Cc2c(Cl)cccc2Cl)C[C@@H]1CO. The highest BCUT2D eigenvalue weighted by atomic mass is 35.5. The van der Waals surface area contributed by atoms with Crippen LogP contribution in [0.5, 0.6) is 0 Å². The molecule has 7 heteroatoms. The molecule has 1 aromatic rings. The normalized spacial score (nSPS) is 20.8. The van der Waals surface area contributed by atoms with Gasteiger partial charge in [0, 0.05) is 48.7 Å². The average molecular weight is 375 g/mol. The zero-order valence-corrected chi connectivity index (χ0v) is 15.3. The fourth-order valence-electron chi connectivity index (χ4n) is 3.18. The van der Waals surface area contributed by atoms with Crippen molar-refractivity contribution in [3.8, 4) is 0 Å². The van der Waals surface area contributed by atoms with Crippen molar-refractivity contribution in [2.45, 2.75) is 6.42 Å². The molecule has 1 heterocycles. The Labute approximate surface area is 152 Å². The number of amides is 1. The molecule has 134 valence electrons. The van der Waals surface area contributed by atoms with Crippen molar-refractivity contribution in [2.24, 2.45) is 11.8 Å². The number of aliphatic hydroxyl groups is 2. The summed E-state index contributed by atoms with van der Waals surface area (Å²) in [5.74, 6) is 0.213. The van der Waals surface area contributed by atoms with Gasteiger partial charge in [0.25, 0.3) is 0 Å². The van der Waals surface area contributed by atoms with E-state index in [0.717, 1.165) is 6.54 Å². The van der Waals surface area contributed by atoms with E-state index in [1.807, 2.05) is 11.9 Å². The summed E-state index contributed by atoms with van der Waals surface area (Å²) in [7, 11) is 1.93. The molecule has 1 saturated heterocycles. The first kappa shape index (κ1) is 19.5. The van der Waals surface area contributed by atoms with Crippen molar-refractivity contribution in [1.82, 2.24) is 9.80 Å². The Morgan fingerprint density at radius 1 is 1.25 bits per heavy atom. The Bertz CT molecular complexity index is 551. The summed E-state index contributed by atoms with van der Waals surface area (Å²) >= 11 is 12.3. The molecule has 1 aliphatic rings. The van der Waals surface area contributed by atoms with Crippen LogP contribution in [0.2, 0.25) is 10.0 Å². The summed E-state index contributed by atoms with van der Waals surface area (Å²) in [6.07, 6.45) is 0.163. The Balaban J connectivity index is 2.00. The Kier molecular flexibility index (Phi) is 7.32. The number of benzene rings is 1. The first-order valence-electron chi connectivity index (χ1n) is 8.07. The van der Waals surface area contributed by atoms with Crippen LogP contribution in [0.15, 0.2) is 18.2 Å². The van der Waals surface area contributed by atoms with Crippen LogP contribution in [0.25, 0.3) is 0 Å². The van der Waals surface area contributed by atoms with Crippen molar-refractivity contribution in [3.63, 3.8) is 0 Å². The first-order valence-corrected chi connectivity index (χ1v) is 8.82. The van der Waals surface area contributed by atoms with Gasteiger partial charge in [0.2, 0.25) is 5.91 Å². The molecular formula is C17H24Cl2N2O3. The quantitative estimate of drug-likeness (QED) is 0.759. The average Bonchev–Trinajstić information content (AvgIpc) is 2.94. The van der Waals surface area contributed by atoms with Crippen molar-refractivity contribution < 1.29 is 15.0 Å². The Morgan fingerprint density at radius 3 is 2.46 bits per heavy atom. The van der Waals surface area contributed by atoms with Crippen LogP contribution < -0.4 is 0 Å². The number of likely N-dealkylation sites (tertiary alicyclic amines) is 1. The third-order valence-corrected chi connectivity index (χ3v) is 5.29. The van der Waals surface area contributed by atoms with E-state index in [1.165, 1.54) is 0 Å². The number of hydrogen-bond donors (Lipinski definition) is 2. The fraction of sp³-hybridized carbons (Fsp3) is 0.588. The minimum atomic E-state index is -0.0317. The molecule has 0 bridgehead atoms. The van der Waals surface area contributed by atoms with E-state index in [9.17, 15) is 9.90 Å². The van der Waals surface area contributed by atoms with Gasteiger partial charge in [-0.2, -0.15) is 0 Å². The van der Waals surface area contributed by atoms with Gasteiger partial charge in [-0.3, -0.25) is 4.79 Å². The van der Waals surface area contributed by atoms with E-state index < -0.39 is 0 Å². The van der Waals surface area contributed by atoms with Crippen LogP contribution in [-0.2, 0) is 11.2 Å².